The molecule has 0 unspecified atom stereocenters. The van der Waals surface area contributed by atoms with E-state index in [1.165, 1.54) is 12.1 Å². The van der Waals surface area contributed by atoms with Gasteiger partial charge in [-0.25, -0.2) is 14.6 Å². The van der Waals surface area contributed by atoms with Crippen LogP contribution in [0, 0.1) is 0 Å². The quantitative estimate of drug-likeness (QED) is 0.118. The fourth-order valence-corrected chi connectivity index (χ4v) is 6.50. The number of hydrogen-bond donors (Lipinski definition) is 4. The molecule has 3 aromatic rings. The number of cyclic esters (lactones) is 1. The van der Waals surface area contributed by atoms with E-state index in [4.69, 9.17) is 9.84 Å². The number of aliphatic hydroxyl groups is 1. The number of amides is 1. The minimum atomic E-state index is -4.67. The first-order valence-corrected chi connectivity index (χ1v) is 16.0. The van der Waals surface area contributed by atoms with E-state index in [0.29, 0.717) is 49.9 Å². The van der Waals surface area contributed by atoms with Gasteiger partial charge in [0.05, 0.1) is 11.1 Å². The van der Waals surface area contributed by atoms with Crippen LogP contribution in [0.25, 0.3) is 0 Å². The molecule has 2 heterocycles. The molecule has 0 aliphatic carbocycles. The fraction of sp³-hybridized carbons (Fsp3) is 0.344. The molecule has 0 bridgehead atoms. The number of ether oxygens (including phenoxy) is 1. The second-order valence-electron chi connectivity index (χ2n) is 11.0. The molecule has 2 atom stereocenters. The lowest BCUT2D eigenvalue weighted by Gasteiger charge is -2.39. The fourth-order valence-electron chi connectivity index (χ4n) is 5.52. The number of aryl methyl sites for hydroxylation is 1. The van der Waals surface area contributed by atoms with Crippen LogP contribution in [0.15, 0.2) is 89.3 Å². The molecule has 14 heteroatoms. The zero-order valence-electron chi connectivity index (χ0n) is 24.9. The third kappa shape index (κ3) is 8.56. The highest BCUT2D eigenvalue weighted by molar-refractivity contribution is 7.92. The van der Waals surface area contributed by atoms with Gasteiger partial charge < -0.3 is 20.3 Å². The summed E-state index contributed by atoms with van der Waals surface area (Å²) < 4.78 is 72.8. The summed E-state index contributed by atoms with van der Waals surface area (Å²) in [5.41, 5.74) is -0.564. The Hall–Kier alpha value is -4.59. The highest BCUT2D eigenvalue weighted by Gasteiger charge is 2.43. The van der Waals surface area contributed by atoms with E-state index in [-0.39, 0.29) is 30.0 Å². The summed E-state index contributed by atoms with van der Waals surface area (Å²) >= 11 is 0. The van der Waals surface area contributed by atoms with Crippen LogP contribution >= 0.6 is 0 Å². The van der Waals surface area contributed by atoms with E-state index in [1.54, 1.807) is 19.1 Å². The van der Waals surface area contributed by atoms with Crippen LogP contribution in [-0.4, -0.2) is 47.8 Å². The average Bonchev–Trinajstić information content (AvgIpc) is 3.00. The number of anilines is 1. The average molecular weight is 662 g/mol. The minimum Gasteiger partial charge on any atom is -0.512 e. The van der Waals surface area contributed by atoms with Gasteiger partial charge in [-0.2, -0.15) is 21.6 Å². The number of halogens is 3. The Bertz CT molecular complexity index is 1680. The number of aromatic nitrogens is 1. The maximum absolute atomic E-state index is 13.6. The molecule has 246 valence electrons. The van der Waals surface area contributed by atoms with Crippen LogP contribution in [0.2, 0.25) is 0 Å². The normalized spacial score (nSPS) is 17.7. The van der Waals surface area contributed by atoms with Crippen molar-refractivity contribution in [1.82, 2.24) is 10.3 Å². The molecule has 0 saturated carbocycles. The van der Waals surface area contributed by atoms with Crippen molar-refractivity contribution in [2.75, 3.05) is 11.3 Å². The Kier molecular flexibility index (Phi) is 10.6. The van der Waals surface area contributed by atoms with Gasteiger partial charge in [-0.05, 0) is 67.5 Å². The molecule has 10 nitrogen and oxygen atoms in total. The molecular weight excluding hydrogens is 627 g/mol. The number of carbonyl (C=O) groups is 2. The third-order valence-corrected chi connectivity index (χ3v) is 9.06. The Morgan fingerprint density at radius 1 is 1.09 bits per heavy atom. The Balaban J connectivity index is 1.57. The molecule has 4 rings (SSSR count). The molecule has 0 fully saturated rings. The smallest absolute Gasteiger partial charge is 0.417 e. The van der Waals surface area contributed by atoms with Crippen molar-refractivity contribution in [3.05, 3.63) is 101 Å². The second-order valence-corrected chi connectivity index (χ2v) is 12.6. The van der Waals surface area contributed by atoms with Gasteiger partial charge in [0.1, 0.15) is 11.4 Å². The van der Waals surface area contributed by atoms with Crippen LogP contribution in [0.3, 0.4) is 0 Å². The van der Waals surface area contributed by atoms with E-state index in [1.807, 2.05) is 30.3 Å². The number of sulfonamides is 1. The monoisotopic (exact) mass is 661 g/mol. The maximum atomic E-state index is 13.6. The van der Waals surface area contributed by atoms with Crippen LogP contribution in [0.1, 0.15) is 61.6 Å². The molecule has 1 aliphatic rings. The number of nitrogens with one attached hydrogen (secondary N) is 2. The predicted molar refractivity (Wildman–Crippen MR) is 163 cm³/mol. The number of carboxylic acid groups (broad SMARTS) is 1. The second kappa shape index (κ2) is 14.2. The van der Waals surface area contributed by atoms with Crippen LogP contribution in [-0.2, 0) is 32.2 Å². The van der Waals surface area contributed by atoms with Gasteiger partial charge in [0, 0.05) is 30.8 Å². The summed E-state index contributed by atoms with van der Waals surface area (Å²) in [7, 11) is -4.36. The van der Waals surface area contributed by atoms with E-state index in [0.717, 1.165) is 11.6 Å². The molecule has 4 N–H and O–H groups in total. The Morgan fingerprint density at radius 3 is 2.43 bits per heavy atom. The number of alkyl halides is 3. The first-order chi connectivity index (χ1) is 21.7. The molecule has 1 aliphatic heterocycles. The molecular formula is C32H34F3N3O7S. The molecule has 0 spiro atoms. The van der Waals surface area contributed by atoms with Crippen molar-refractivity contribution in [3.8, 4) is 0 Å². The highest BCUT2D eigenvalue weighted by Crippen LogP contribution is 2.42. The van der Waals surface area contributed by atoms with Crippen LogP contribution in [0.4, 0.5) is 23.7 Å². The van der Waals surface area contributed by atoms with Gasteiger partial charge in [-0.1, -0.05) is 49.4 Å². The largest absolute Gasteiger partial charge is 0.512 e. The van der Waals surface area contributed by atoms with Gasteiger partial charge >= 0.3 is 18.2 Å². The van der Waals surface area contributed by atoms with Crippen molar-refractivity contribution in [3.63, 3.8) is 0 Å². The molecule has 0 saturated heterocycles. The number of pyridine rings is 1. The van der Waals surface area contributed by atoms with E-state index < -0.39 is 50.4 Å². The summed E-state index contributed by atoms with van der Waals surface area (Å²) in [6, 6.07) is 17.0. The van der Waals surface area contributed by atoms with E-state index >= 15 is 0 Å². The Labute approximate surface area is 264 Å². The lowest BCUT2D eigenvalue weighted by atomic mass is 9.80. The number of hydrogen-bond acceptors (Lipinski definition) is 7. The lowest BCUT2D eigenvalue weighted by molar-refractivity contribution is -0.161. The van der Waals surface area contributed by atoms with E-state index in [9.17, 15) is 36.3 Å². The third-order valence-electron chi connectivity index (χ3n) is 7.76. The van der Waals surface area contributed by atoms with Crippen molar-refractivity contribution >= 4 is 27.8 Å². The zero-order chi connectivity index (χ0) is 33.5. The number of benzene rings is 2. The summed E-state index contributed by atoms with van der Waals surface area (Å²) in [4.78, 5) is 28.0. The number of aliphatic hydroxyl groups excluding tert-OH is 1. The molecule has 1 amide bonds. The summed E-state index contributed by atoms with van der Waals surface area (Å²) in [6.45, 7) is 1.93. The number of nitrogens with zero attached hydrogens (tertiary/aromatic N) is 1. The molecule has 46 heavy (non-hydrogen) atoms. The van der Waals surface area contributed by atoms with E-state index in [2.05, 4.69) is 15.0 Å². The highest BCUT2D eigenvalue weighted by atomic mass is 32.2. The molecule has 1 aromatic heterocycles. The van der Waals surface area contributed by atoms with Gasteiger partial charge in [0.25, 0.3) is 10.0 Å². The molecule has 2 aromatic carbocycles. The zero-order valence-corrected chi connectivity index (χ0v) is 25.7. The van der Waals surface area contributed by atoms with Gasteiger partial charge in [0.2, 0.25) is 0 Å². The maximum Gasteiger partial charge on any atom is 0.417 e. The first kappa shape index (κ1) is 34.3. The van der Waals surface area contributed by atoms with Crippen molar-refractivity contribution in [2.24, 2.45) is 0 Å². The summed E-state index contributed by atoms with van der Waals surface area (Å²) in [5, 5.41) is 22.0. The first-order valence-electron chi connectivity index (χ1n) is 14.5. The van der Waals surface area contributed by atoms with Crippen LogP contribution < -0.4 is 10.0 Å². The SMILES string of the molecule is CC[C@@H](C1=C(O)C[C@@](CCCNC(=O)O)(CCc2ccccc2)OC1=O)c1cccc(NS(=O)(=O)c2ccc(C(F)(F)F)cn2)c1. The molecule has 0 radical (unpaired) electrons. The van der Waals surface area contributed by atoms with Gasteiger partial charge in [-0.15, -0.1) is 0 Å². The number of esters is 1. The lowest BCUT2D eigenvalue weighted by Crippen LogP contribution is -2.42. The van der Waals surface area contributed by atoms with Gasteiger partial charge in [0.15, 0.2) is 5.03 Å². The number of carbonyl (C=O) groups excluding carboxylic acids is 1. The standard InChI is InChI=1S/C32H34F3N3O7S/c1-2-25(22-10-6-11-24(18-22)38-46(43,44)27-13-12-23(20-37-27)32(33,34)35)28-26(39)19-31(45-29(28)40,15-7-17-36-30(41)42)16-14-21-8-4-3-5-9-21/h3-6,8-13,18,20,25,36,38-39H,2,7,14-17,19H2,1H3,(H,41,42)/t25-,31-/m1/s1. The van der Waals surface area contributed by atoms with Crippen molar-refractivity contribution in [2.45, 2.75) is 68.2 Å². The van der Waals surface area contributed by atoms with Gasteiger partial charge in [-0.3, -0.25) is 4.72 Å². The van der Waals surface area contributed by atoms with Crippen molar-refractivity contribution in [1.29, 1.82) is 0 Å². The predicted octanol–water partition coefficient (Wildman–Crippen LogP) is 6.57. The Morgan fingerprint density at radius 2 is 1.83 bits per heavy atom. The van der Waals surface area contributed by atoms with Crippen molar-refractivity contribution < 1.29 is 46.1 Å². The summed E-state index contributed by atoms with van der Waals surface area (Å²) in [6.07, 6.45) is -3.46. The van der Waals surface area contributed by atoms with Crippen LogP contribution in [0.5, 0.6) is 0 Å². The minimum absolute atomic E-state index is 0.0103. The number of rotatable bonds is 13. The summed E-state index contributed by atoms with van der Waals surface area (Å²) in [5.74, 6) is -1.57. The topological polar surface area (TPSA) is 155 Å².